The van der Waals surface area contributed by atoms with Crippen LogP contribution in [-0.2, 0) is 6.42 Å². The minimum absolute atomic E-state index is 0.218. The molecule has 0 spiro atoms. The molecule has 0 saturated heterocycles. The molecule has 2 atom stereocenters. The number of aliphatic hydroxyl groups excluding tert-OH is 1. The van der Waals surface area contributed by atoms with Crippen molar-refractivity contribution >= 4 is 5.69 Å². The van der Waals surface area contributed by atoms with Crippen molar-refractivity contribution in [3.05, 3.63) is 29.3 Å². The molecule has 0 amide bonds. The predicted octanol–water partition coefficient (Wildman–Crippen LogP) is 2.52. The summed E-state index contributed by atoms with van der Waals surface area (Å²) < 4.78 is 0. The number of hydrogen-bond donors (Lipinski definition) is 1. The fraction of sp³-hybridized carbons (Fsp3) is 0.571. The van der Waals surface area contributed by atoms with E-state index in [1.54, 1.807) is 0 Å². The first-order valence-corrected chi connectivity index (χ1v) is 6.16. The van der Waals surface area contributed by atoms with Crippen molar-refractivity contribution < 1.29 is 5.11 Å². The molecule has 0 saturated carbocycles. The topological polar surface area (TPSA) is 23.5 Å². The summed E-state index contributed by atoms with van der Waals surface area (Å²) in [5, 5.41) is 9.90. The highest BCUT2D eigenvalue weighted by atomic mass is 16.3. The number of hydrogen-bond acceptors (Lipinski definition) is 2. The first-order valence-electron chi connectivity index (χ1n) is 6.16. The van der Waals surface area contributed by atoms with Gasteiger partial charge in [-0.3, -0.25) is 0 Å². The highest BCUT2D eigenvalue weighted by molar-refractivity contribution is 5.58. The summed E-state index contributed by atoms with van der Waals surface area (Å²) in [5.74, 6) is 0. The SMILES string of the molecule is CC[C@H](C)N1C[C@@H](O)Cc2ccc(C)cc21. The molecule has 88 valence electrons. The average molecular weight is 219 g/mol. The lowest BCUT2D eigenvalue weighted by Gasteiger charge is -2.38. The maximum absolute atomic E-state index is 9.90. The summed E-state index contributed by atoms with van der Waals surface area (Å²) in [5.41, 5.74) is 3.90. The van der Waals surface area contributed by atoms with Crippen LogP contribution in [0.5, 0.6) is 0 Å². The summed E-state index contributed by atoms with van der Waals surface area (Å²) >= 11 is 0. The van der Waals surface area contributed by atoms with Gasteiger partial charge in [0, 0.05) is 24.7 Å². The average Bonchev–Trinajstić information content (AvgIpc) is 2.27. The van der Waals surface area contributed by atoms with Gasteiger partial charge in [-0.2, -0.15) is 0 Å². The molecule has 0 aromatic heterocycles. The van der Waals surface area contributed by atoms with E-state index in [9.17, 15) is 5.11 Å². The van der Waals surface area contributed by atoms with Crippen LogP contribution < -0.4 is 4.90 Å². The zero-order valence-corrected chi connectivity index (χ0v) is 10.4. The number of β-amino-alcohol motifs (C(OH)–C–C–N with tert-alkyl or cyclic N) is 1. The van der Waals surface area contributed by atoms with Gasteiger partial charge in [0.1, 0.15) is 0 Å². The van der Waals surface area contributed by atoms with Gasteiger partial charge in [-0.1, -0.05) is 19.1 Å². The minimum Gasteiger partial charge on any atom is -0.391 e. The van der Waals surface area contributed by atoms with E-state index in [4.69, 9.17) is 0 Å². The lowest BCUT2D eigenvalue weighted by molar-refractivity contribution is 0.172. The van der Waals surface area contributed by atoms with Gasteiger partial charge in [-0.25, -0.2) is 0 Å². The molecule has 1 heterocycles. The van der Waals surface area contributed by atoms with Crippen molar-refractivity contribution in [1.82, 2.24) is 0 Å². The number of nitrogens with zero attached hydrogens (tertiary/aromatic N) is 1. The molecule has 1 aliphatic rings. The molecule has 0 radical (unpaired) electrons. The van der Waals surface area contributed by atoms with Crippen LogP contribution in [0.25, 0.3) is 0 Å². The fourth-order valence-electron chi connectivity index (χ4n) is 2.40. The Kier molecular flexibility index (Phi) is 3.20. The lowest BCUT2D eigenvalue weighted by atomic mass is 9.96. The Morgan fingerprint density at radius 1 is 1.50 bits per heavy atom. The number of aryl methyl sites for hydroxylation is 1. The molecular formula is C14H21NO. The summed E-state index contributed by atoms with van der Waals surface area (Å²) in [7, 11) is 0. The van der Waals surface area contributed by atoms with Crippen LogP contribution in [-0.4, -0.2) is 23.8 Å². The molecular weight excluding hydrogens is 198 g/mol. The van der Waals surface area contributed by atoms with E-state index < -0.39 is 0 Å². The van der Waals surface area contributed by atoms with Crippen LogP contribution in [0.1, 0.15) is 31.4 Å². The van der Waals surface area contributed by atoms with Crippen LogP contribution in [0.15, 0.2) is 18.2 Å². The lowest BCUT2D eigenvalue weighted by Crippen LogP contribution is -2.43. The molecule has 0 aliphatic carbocycles. The van der Waals surface area contributed by atoms with Gasteiger partial charge in [-0.15, -0.1) is 0 Å². The van der Waals surface area contributed by atoms with E-state index in [1.165, 1.54) is 16.8 Å². The van der Waals surface area contributed by atoms with Gasteiger partial charge in [0.25, 0.3) is 0 Å². The first-order chi connectivity index (χ1) is 7.61. The second-order valence-corrected chi connectivity index (χ2v) is 4.90. The molecule has 1 aromatic rings. The van der Waals surface area contributed by atoms with Gasteiger partial charge in [-0.05, 0) is 37.5 Å². The Balaban J connectivity index is 2.39. The molecule has 0 bridgehead atoms. The number of fused-ring (bicyclic) bond motifs is 1. The Bertz CT molecular complexity index is 375. The molecule has 1 aliphatic heterocycles. The van der Waals surface area contributed by atoms with Crippen LogP contribution in [0.4, 0.5) is 5.69 Å². The summed E-state index contributed by atoms with van der Waals surface area (Å²) in [6.45, 7) is 7.32. The number of rotatable bonds is 2. The Labute approximate surface area is 97.9 Å². The van der Waals surface area contributed by atoms with Crippen molar-refractivity contribution in [3.63, 3.8) is 0 Å². The smallest absolute Gasteiger partial charge is 0.0756 e. The van der Waals surface area contributed by atoms with E-state index in [-0.39, 0.29) is 6.10 Å². The van der Waals surface area contributed by atoms with Crippen LogP contribution in [0, 0.1) is 6.92 Å². The maximum atomic E-state index is 9.90. The van der Waals surface area contributed by atoms with E-state index in [0.29, 0.717) is 6.04 Å². The summed E-state index contributed by atoms with van der Waals surface area (Å²) in [6, 6.07) is 7.03. The number of benzene rings is 1. The third-order valence-electron chi connectivity index (χ3n) is 3.54. The highest BCUT2D eigenvalue weighted by Gasteiger charge is 2.25. The standard InChI is InChI=1S/C14H21NO/c1-4-11(3)15-9-13(16)8-12-6-5-10(2)7-14(12)15/h5-7,11,13,16H,4,8-9H2,1-3H3/t11-,13-/m0/s1. The van der Waals surface area contributed by atoms with E-state index >= 15 is 0 Å². The Morgan fingerprint density at radius 3 is 2.94 bits per heavy atom. The number of anilines is 1. The van der Waals surface area contributed by atoms with Crippen molar-refractivity contribution in [3.8, 4) is 0 Å². The fourth-order valence-corrected chi connectivity index (χ4v) is 2.40. The van der Waals surface area contributed by atoms with Crippen LogP contribution >= 0.6 is 0 Å². The molecule has 0 unspecified atom stereocenters. The third-order valence-corrected chi connectivity index (χ3v) is 3.54. The minimum atomic E-state index is -0.218. The third kappa shape index (κ3) is 2.07. The van der Waals surface area contributed by atoms with E-state index in [1.807, 2.05) is 0 Å². The van der Waals surface area contributed by atoms with Crippen molar-refractivity contribution in [2.45, 2.75) is 45.8 Å². The Morgan fingerprint density at radius 2 is 2.25 bits per heavy atom. The Hall–Kier alpha value is -1.02. The monoisotopic (exact) mass is 219 g/mol. The van der Waals surface area contributed by atoms with Crippen molar-refractivity contribution in [2.24, 2.45) is 0 Å². The van der Waals surface area contributed by atoms with Crippen molar-refractivity contribution in [2.75, 3.05) is 11.4 Å². The molecule has 1 N–H and O–H groups in total. The van der Waals surface area contributed by atoms with Crippen LogP contribution in [0.3, 0.4) is 0 Å². The predicted molar refractivity (Wildman–Crippen MR) is 68.0 cm³/mol. The normalized spacial score (nSPS) is 21.8. The highest BCUT2D eigenvalue weighted by Crippen LogP contribution is 2.30. The van der Waals surface area contributed by atoms with E-state index in [2.05, 4.69) is 43.9 Å². The first kappa shape index (κ1) is 11.5. The van der Waals surface area contributed by atoms with Gasteiger partial charge in [0.05, 0.1) is 6.10 Å². The van der Waals surface area contributed by atoms with Crippen molar-refractivity contribution in [1.29, 1.82) is 0 Å². The second kappa shape index (κ2) is 4.46. The quantitative estimate of drug-likeness (QED) is 0.826. The number of aliphatic hydroxyl groups is 1. The molecule has 2 heteroatoms. The molecule has 1 aromatic carbocycles. The zero-order valence-electron chi connectivity index (χ0n) is 10.4. The molecule has 2 nitrogen and oxygen atoms in total. The summed E-state index contributed by atoms with van der Waals surface area (Å²) in [4.78, 5) is 2.34. The summed E-state index contributed by atoms with van der Waals surface area (Å²) in [6.07, 6.45) is 1.69. The second-order valence-electron chi connectivity index (χ2n) is 4.90. The zero-order chi connectivity index (χ0) is 11.7. The van der Waals surface area contributed by atoms with Crippen LogP contribution in [0.2, 0.25) is 0 Å². The molecule has 0 fully saturated rings. The maximum Gasteiger partial charge on any atom is 0.0756 e. The van der Waals surface area contributed by atoms with Gasteiger partial charge < -0.3 is 10.0 Å². The largest absolute Gasteiger partial charge is 0.391 e. The van der Waals surface area contributed by atoms with Gasteiger partial charge in [0.2, 0.25) is 0 Å². The van der Waals surface area contributed by atoms with Gasteiger partial charge >= 0.3 is 0 Å². The molecule has 2 rings (SSSR count). The van der Waals surface area contributed by atoms with Gasteiger partial charge in [0.15, 0.2) is 0 Å². The van der Waals surface area contributed by atoms with E-state index in [0.717, 1.165) is 19.4 Å². The molecule has 16 heavy (non-hydrogen) atoms.